The Morgan fingerprint density at radius 1 is 1.14 bits per heavy atom. The molecule has 0 saturated carbocycles. The van der Waals surface area contributed by atoms with E-state index < -0.39 is 0 Å². The molecule has 0 bridgehead atoms. The molecule has 0 aliphatic rings. The van der Waals surface area contributed by atoms with Crippen LogP contribution >= 0.6 is 31.9 Å². The first-order chi connectivity index (χ1) is 10.1. The van der Waals surface area contributed by atoms with E-state index >= 15 is 0 Å². The van der Waals surface area contributed by atoms with E-state index in [4.69, 9.17) is 9.47 Å². The van der Waals surface area contributed by atoms with E-state index in [1.807, 2.05) is 31.2 Å². The molecule has 0 atom stereocenters. The summed E-state index contributed by atoms with van der Waals surface area (Å²) >= 11 is 6.81. The SMILES string of the molecule is CCn1c(-c2ccc(OCOC)cc2Br)ccc(Br)c1=O. The molecule has 4 nitrogen and oxygen atoms in total. The van der Waals surface area contributed by atoms with E-state index in [-0.39, 0.29) is 12.4 Å². The Kier molecular flexibility index (Phi) is 5.61. The Morgan fingerprint density at radius 2 is 1.90 bits per heavy atom. The van der Waals surface area contributed by atoms with E-state index in [2.05, 4.69) is 31.9 Å². The molecule has 6 heteroatoms. The zero-order valence-electron chi connectivity index (χ0n) is 11.7. The van der Waals surface area contributed by atoms with E-state index in [9.17, 15) is 4.79 Å². The third kappa shape index (κ3) is 3.56. The molecule has 0 amide bonds. The summed E-state index contributed by atoms with van der Waals surface area (Å²) in [5, 5.41) is 0. The Bertz CT molecular complexity index is 698. The van der Waals surface area contributed by atoms with Gasteiger partial charge in [-0.1, -0.05) is 0 Å². The predicted molar refractivity (Wildman–Crippen MR) is 89.7 cm³/mol. The smallest absolute Gasteiger partial charge is 0.265 e. The minimum Gasteiger partial charge on any atom is -0.468 e. The van der Waals surface area contributed by atoms with Gasteiger partial charge in [-0.3, -0.25) is 4.79 Å². The topological polar surface area (TPSA) is 40.5 Å². The number of hydrogen-bond acceptors (Lipinski definition) is 3. The largest absolute Gasteiger partial charge is 0.468 e. The highest BCUT2D eigenvalue weighted by molar-refractivity contribution is 9.10. The van der Waals surface area contributed by atoms with Crippen LogP contribution in [-0.4, -0.2) is 18.5 Å². The summed E-state index contributed by atoms with van der Waals surface area (Å²) < 4.78 is 13.4. The van der Waals surface area contributed by atoms with Gasteiger partial charge >= 0.3 is 0 Å². The van der Waals surface area contributed by atoms with Crippen LogP contribution in [0.2, 0.25) is 0 Å². The normalized spacial score (nSPS) is 10.7. The first-order valence-electron chi connectivity index (χ1n) is 6.39. The molecule has 112 valence electrons. The summed E-state index contributed by atoms with van der Waals surface area (Å²) in [5.41, 5.74) is 1.75. The molecular weight excluding hydrogens is 402 g/mol. The van der Waals surface area contributed by atoms with E-state index in [1.54, 1.807) is 17.7 Å². The lowest BCUT2D eigenvalue weighted by molar-refractivity contribution is 0.0511. The fourth-order valence-electron chi connectivity index (χ4n) is 2.02. The van der Waals surface area contributed by atoms with Crippen LogP contribution in [0, 0.1) is 0 Å². The van der Waals surface area contributed by atoms with Crippen LogP contribution in [-0.2, 0) is 11.3 Å². The van der Waals surface area contributed by atoms with Gasteiger partial charge in [0.25, 0.3) is 5.56 Å². The van der Waals surface area contributed by atoms with Crippen LogP contribution in [0.5, 0.6) is 5.75 Å². The van der Waals surface area contributed by atoms with Crippen molar-refractivity contribution in [2.24, 2.45) is 0 Å². The van der Waals surface area contributed by atoms with Crippen molar-refractivity contribution in [3.8, 4) is 17.0 Å². The summed E-state index contributed by atoms with van der Waals surface area (Å²) in [7, 11) is 1.57. The van der Waals surface area contributed by atoms with Crippen molar-refractivity contribution < 1.29 is 9.47 Å². The number of pyridine rings is 1. The number of ether oxygens (including phenoxy) is 2. The molecule has 21 heavy (non-hydrogen) atoms. The molecule has 0 saturated heterocycles. The second-order valence-electron chi connectivity index (χ2n) is 4.31. The van der Waals surface area contributed by atoms with Crippen molar-refractivity contribution in [1.82, 2.24) is 4.57 Å². The van der Waals surface area contributed by atoms with Crippen LogP contribution in [0.3, 0.4) is 0 Å². The van der Waals surface area contributed by atoms with Crippen molar-refractivity contribution in [2.75, 3.05) is 13.9 Å². The molecule has 0 aliphatic carbocycles. The summed E-state index contributed by atoms with van der Waals surface area (Å²) in [6.07, 6.45) is 0. The average molecular weight is 417 g/mol. The van der Waals surface area contributed by atoms with E-state index in [1.165, 1.54) is 0 Å². The summed E-state index contributed by atoms with van der Waals surface area (Å²) in [4.78, 5) is 12.2. The molecule has 1 heterocycles. The molecule has 1 aromatic carbocycles. The molecule has 1 aromatic heterocycles. The summed E-state index contributed by atoms with van der Waals surface area (Å²) in [6, 6.07) is 9.33. The Hall–Kier alpha value is -1.11. The maximum atomic E-state index is 12.2. The Morgan fingerprint density at radius 3 is 2.52 bits per heavy atom. The molecule has 0 N–H and O–H groups in total. The molecule has 2 rings (SSSR count). The molecule has 0 unspecified atom stereocenters. The number of methoxy groups -OCH3 is 1. The van der Waals surface area contributed by atoms with Crippen LogP contribution in [0.4, 0.5) is 0 Å². The first kappa shape index (κ1) is 16.3. The number of rotatable bonds is 5. The minimum absolute atomic E-state index is 0.0402. The number of halogens is 2. The van der Waals surface area contributed by atoms with E-state index in [0.717, 1.165) is 15.7 Å². The maximum Gasteiger partial charge on any atom is 0.265 e. The highest BCUT2D eigenvalue weighted by Crippen LogP contribution is 2.31. The second kappa shape index (κ2) is 7.24. The van der Waals surface area contributed by atoms with Crippen molar-refractivity contribution in [1.29, 1.82) is 0 Å². The number of nitrogens with zero attached hydrogens (tertiary/aromatic N) is 1. The quantitative estimate of drug-likeness (QED) is 0.690. The molecular formula is C15H15Br2NO3. The van der Waals surface area contributed by atoms with Gasteiger partial charge < -0.3 is 14.0 Å². The molecule has 0 radical (unpaired) electrons. The summed E-state index contributed by atoms with van der Waals surface area (Å²) in [5.74, 6) is 0.704. The average Bonchev–Trinajstić information content (AvgIpc) is 2.48. The highest BCUT2D eigenvalue weighted by atomic mass is 79.9. The lowest BCUT2D eigenvalue weighted by Crippen LogP contribution is -2.21. The first-order valence-corrected chi connectivity index (χ1v) is 7.98. The van der Waals surface area contributed by atoms with Gasteiger partial charge in [-0.2, -0.15) is 0 Å². The van der Waals surface area contributed by atoms with Crippen molar-refractivity contribution >= 4 is 31.9 Å². The molecule has 0 aliphatic heterocycles. The van der Waals surface area contributed by atoms with Gasteiger partial charge in [0.05, 0.1) is 10.2 Å². The third-order valence-electron chi connectivity index (χ3n) is 3.00. The van der Waals surface area contributed by atoms with Crippen LogP contribution in [0.1, 0.15) is 6.92 Å². The van der Waals surface area contributed by atoms with E-state index in [0.29, 0.717) is 16.8 Å². The zero-order valence-corrected chi connectivity index (χ0v) is 14.9. The monoisotopic (exact) mass is 415 g/mol. The van der Waals surface area contributed by atoms with Gasteiger partial charge in [0.1, 0.15) is 5.75 Å². The fourth-order valence-corrected chi connectivity index (χ4v) is 2.93. The van der Waals surface area contributed by atoms with Crippen molar-refractivity contribution in [3.05, 3.63) is 49.6 Å². The lowest BCUT2D eigenvalue weighted by Gasteiger charge is -2.14. The number of benzene rings is 1. The third-order valence-corrected chi connectivity index (χ3v) is 4.26. The second-order valence-corrected chi connectivity index (χ2v) is 6.02. The Balaban J connectivity index is 2.48. The number of hydrogen-bond donors (Lipinski definition) is 0. The molecule has 0 spiro atoms. The van der Waals surface area contributed by atoms with Crippen LogP contribution in [0.25, 0.3) is 11.3 Å². The maximum absolute atomic E-state index is 12.2. The van der Waals surface area contributed by atoms with Crippen LogP contribution in [0.15, 0.2) is 44.1 Å². The zero-order chi connectivity index (χ0) is 15.4. The lowest BCUT2D eigenvalue weighted by atomic mass is 10.1. The van der Waals surface area contributed by atoms with Gasteiger partial charge in [0, 0.05) is 23.7 Å². The molecule has 2 aromatic rings. The minimum atomic E-state index is -0.0402. The standard InChI is InChI=1S/C15H15Br2NO3/c1-3-18-14(7-6-12(16)15(18)19)11-5-4-10(8-13(11)17)21-9-20-2/h4-8H,3,9H2,1-2H3. The van der Waals surface area contributed by atoms with Crippen molar-refractivity contribution in [3.63, 3.8) is 0 Å². The van der Waals surface area contributed by atoms with Crippen molar-refractivity contribution in [2.45, 2.75) is 13.5 Å². The fraction of sp³-hybridized carbons (Fsp3) is 0.267. The number of aromatic nitrogens is 1. The van der Waals surface area contributed by atoms with Gasteiger partial charge in [-0.15, -0.1) is 0 Å². The van der Waals surface area contributed by atoms with Crippen LogP contribution < -0.4 is 10.3 Å². The van der Waals surface area contributed by atoms with Gasteiger partial charge in [-0.05, 0) is 69.1 Å². The predicted octanol–water partition coefficient (Wildman–Crippen LogP) is 4.04. The van der Waals surface area contributed by atoms with Gasteiger partial charge in [0.2, 0.25) is 0 Å². The summed E-state index contributed by atoms with van der Waals surface area (Å²) in [6.45, 7) is 2.74. The Labute approximate surface area is 140 Å². The highest BCUT2D eigenvalue weighted by Gasteiger charge is 2.11. The molecule has 0 fully saturated rings. The van der Waals surface area contributed by atoms with Gasteiger partial charge in [0.15, 0.2) is 6.79 Å². The van der Waals surface area contributed by atoms with Gasteiger partial charge in [-0.25, -0.2) is 0 Å².